The number of fused-ring (bicyclic) bond motifs is 1. The summed E-state index contributed by atoms with van der Waals surface area (Å²) in [5, 5.41) is 15.1. The predicted molar refractivity (Wildman–Crippen MR) is 102 cm³/mol. The molecule has 0 atom stereocenters. The largest absolute Gasteiger partial charge is 0.493 e. The van der Waals surface area contributed by atoms with Crippen LogP contribution in [0.15, 0.2) is 24.3 Å². The molecule has 0 aliphatic heterocycles. The van der Waals surface area contributed by atoms with E-state index in [9.17, 15) is 5.11 Å². The smallest absolute Gasteiger partial charge is 0.256 e. The lowest BCUT2D eigenvalue weighted by molar-refractivity contribution is 0.178. The SMILES string of the molecule is COCc1nc2nc(COC)c(Cc3ccc(C(C)(C)C)cc3)c(O)n2n1. The van der Waals surface area contributed by atoms with Crippen LogP contribution in [0, 0.1) is 0 Å². The quantitative estimate of drug-likeness (QED) is 0.718. The van der Waals surface area contributed by atoms with Crippen LogP contribution in [0.2, 0.25) is 0 Å². The number of hydrogen-bond acceptors (Lipinski definition) is 6. The van der Waals surface area contributed by atoms with Crippen LogP contribution in [0.4, 0.5) is 0 Å². The zero-order valence-electron chi connectivity index (χ0n) is 16.5. The second-order valence-electron chi connectivity index (χ2n) is 7.59. The molecule has 7 heteroatoms. The van der Waals surface area contributed by atoms with Crippen LogP contribution < -0.4 is 0 Å². The maximum Gasteiger partial charge on any atom is 0.256 e. The summed E-state index contributed by atoms with van der Waals surface area (Å²) in [4.78, 5) is 8.82. The van der Waals surface area contributed by atoms with E-state index < -0.39 is 0 Å². The highest BCUT2D eigenvalue weighted by Gasteiger charge is 2.19. The van der Waals surface area contributed by atoms with E-state index in [0.717, 1.165) is 5.56 Å². The van der Waals surface area contributed by atoms with E-state index in [0.29, 0.717) is 29.3 Å². The zero-order valence-corrected chi connectivity index (χ0v) is 16.5. The van der Waals surface area contributed by atoms with Gasteiger partial charge in [0, 0.05) is 26.2 Å². The third-order valence-corrected chi connectivity index (χ3v) is 4.44. The van der Waals surface area contributed by atoms with Crippen LogP contribution in [0.1, 0.15) is 49.0 Å². The van der Waals surface area contributed by atoms with Gasteiger partial charge in [0.25, 0.3) is 5.78 Å². The van der Waals surface area contributed by atoms with E-state index in [1.54, 1.807) is 14.2 Å². The lowest BCUT2D eigenvalue weighted by atomic mass is 9.86. The van der Waals surface area contributed by atoms with Crippen molar-refractivity contribution in [1.82, 2.24) is 19.6 Å². The molecule has 0 unspecified atom stereocenters. The van der Waals surface area contributed by atoms with Crippen LogP contribution in [0.25, 0.3) is 5.78 Å². The van der Waals surface area contributed by atoms with Crippen molar-refractivity contribution in [3.05, 3.63) is 52.5 Å². The Kier molecular flexibility index (Phi) is 5.43. The Hall–Kier alpha value is -2.51. The van der Waals surface area contributed by atoms with E-state index in [4.69, 9.17) is 9.47 Å². The highest BCUT2D eigenvalue weighted by Crippen LogP contribution is 2.27. The van der Waals surface area contributed by atoms with Crippen LogP contribution in [0.5, 0.6) is 5.88 Å². The first-order chi connectivity index (χ1) is 12.8. The number of hydrogen-bond donors (Lipinski definition) is 1. The number of aromatic hydroxyl groups is 1. The van der Waals surface area contributed by atoms with Gasteiger partial charge in [0.2, 0.25) is 5.88 Å². The van der Waals surface area contributed by atoms with E-state index in [1.807, 2.05) is 0 Å². The van der Waals surface area contributed by atoms with Gasteiger partial charge in [-0.15, -0.1) is 5.10 Å². The van der Waals surface area contributed by atoms with Crippen LogP contribution in [0.3, 0.4) is 0 Å². The second-order valence-corrected chi connectivity index (χ2v) is 7.59. The minimum Gasteiger partial charge on any atom is -0.493 e. The van der Waals surface area contributed by atoms with E-state index in [-0.39, 0.29) is 24.5 Å². The van der Waals surface area contributed by atoms with Gasteiger partial charge in [0.1, 0.15) is 6.61 Å². The highest BCUT2D eigenvalue weighted by atomic mass is 16.5. The van der Waals surface area contributed by atoms with Gasteiger partial charge in [0.15, 0.2) is 5.82 Å². The van der Waals surface area contributed by atoms with Crippen molar-refractivity contribution in [1.29, 1.82) is 0 Å². The molecule has 0 spiro atoms. The minimum atomic E-state index is 0.0294. The summed E-state index contributed by atoms with van der Waals surface area (Å²) >= 11 is 0. The average Bonchev–Trinajstić information content (AvgIpc) is 3.01. The third kappa shape index (κ3) is 4.09. The number of aromatic nitrogens is 4. The molecule has 7 nitrogen and oxygen atoms in total. The van der Waals surface area contributed by atoms with Crippen molar-refractivity contribution in [2.75, 3.05) is 14.2 Å². The molecule has 0 bridgehead atoms. The first kappa shape index (κ1) is 19.3. The predicted octanol–water partition coefficient (Wildman–Crippen LogP) is 3.01. The lowest BCUT2D eigenvalue weighted by Crippen LogP contribution is -2.11. The summed E-state index contributed by atoms with van der Waals surface area (Å²) < 4.78 is 11.7. The number of benzene rings is 1. The van der Waals surface area contributed by atoms with E-state index >= 15 is 0 Å². The number of ether oxygens (including phenoxy) is 2. The average molecular weight is 370 g/mol. The molecule has 27 heavy (non-hydrogen) atoms. The molecule has 0 aliphatic rings. The number of methoxy groups -OCH3 is 2. The topological polar surface area (TPSA) is 81.8 Å². The molecule has 2 heterocycles. The fourth-order valence-electron chi connectivity index (χ4n) is 2.96. The summed E-state index contributed by atoms with van der Waals surface area (Å²) in [6.45, 7) is 7.10. The molecule has 0 saturated carbocycles. The van der Waals surface area contributed by atoms with Crippen LogP contribution in [-0.4, -0.2) is 38.9 Å². The van der Waals surface area contributed by atoms with E-state index in [2.05, 4.69) is 60.1 Å². The molecule has 0 aliphatic carbocycles. The second kappa shape index (κ2) is 7.62. The van der Waals surface area contributed by atoms with Gasteiger partial charge >= 0.3 is 0 Å². The van der Waals surface area contributed by atoms with Gasteiger partial charge in [-0.25, -0.2) is 4.98 Å². The third-order valence-electron chi connectivity index (χ3n) is 4.44. The minimum absolute atomic E-state index is 0.0294. The Balaban J connectivity index is 2.01. The summed E-state index contributed by atoms with van der Waals surface area (Å²) in [7, 11) is 3.17. The maximum atomic E-state index is 10.8. The summed E-state index contributed by atoms with van der Waals surface area (Å²) in [5.74, 6) is 0.829. The first-order valence-electron chi connectivity index (χ1n) is 8.87. The fraction of sp³-hybridized carbons (Fsp3) is 0.450. The van der Waals surface area contributed by atoms with Gasteiger partial charge in [0.05, 0.1) is 12.3 Å². The monoisotopic (exact) mass is 370 g/mol. The Bertz CT molecular complexity index is 927. The van der Waals surface area contributed by atoms with Gasteiger partial charge in [-0.1, -0.05) is 45.0 Å². The molecular formula is C20H26N4O3. The van der Waals surface area contributed by atoms with Gasteiger partial charge < -0.3 is 14.6 Å². The Morgan fingerprint density at radius 3 is 2.26 bits per heavy atom. The van der Waals surface area contributed by atoms with Gasteiger partial charge in [-0.2, -0.15) is 9.50 Å². The molecule has 3 rings (SSSR count). The first-order valence-corrected chi connectivity index (χ1v) is 8.87. The Labute approximate surface area is 159 Å². The van der Waals surface area contributed by atoms with Gasteiger partial charge in [-0.05, 0) is 16.5 Å². The molecule has 0 fully saturated rings. The van der Waals surface area contributed by atoms with Crippen molar-refractivity contribution in [3.63, 3.8) is 0 Å². The standard InChI is InChI=1S/C20H26N4O3/c1-20(2,3)14-8-6-13(7-9-14)10-15-16(11-26-4)21-19-22-17(12-27-5)23-24(19)18(15)25/h6-9,25H,10-12H2,1-5H3. The van der Waals surface area contributed by atoms with Crippen molar-refractivity contribution in [2.45, 2.75) is 45.8 Å². The summed E-state index contributed by atoms with van der Waals surface area (Å²) in [6, 6.07) is 8.41. The molecule has 1 N–H and O–H groups in total. The van der Waals surface area contributed by atoms with E-state index in [1.165, 1.54) is 10.1 Å². The molecule has 0 radical (unpaired) electrons. The normalized spacial score (nSPS) is 12.0. The maximum absolute atomic E-state index is 10.8. The highest BCUT2D eigenvalue weighted by molar-refractivity contribution is 5.43. The molecule has 144 valence electrons. The van der Waals surface area contributed by atoms with Gasteiger partial charge in [-0.3, -0.25) is 0 Å². The zero-order chi connectivity index (χ0) is 19.6. The molecule has 3 aromatic rings. The summed E-state index contributed by atoms with van der Waals surface area (Å²) in [5.41, 5.74) is 3.78. The Morgan fingerprint density at radius 1 is 1.00 bits per heavy atom. The molecular weight excluding hydrogens is 344 g/mol. The lowest BCUT2D eigenvalue weighted by Gasteiger charge is -2.19. The molecule has 2 aromatic heterocycles. The molecule has 0 amide bonds. The number of rotatable bonds is 6. The van der Waals surface area contributed by atoms with Crippen molar-refractivity contribution in [3.8, 4) is 5.88 Å². The van der Waals surface area contributed by atoms with Crippen molar-refractivity contribution in [2.24, 2.45) is 0 Å². The Morgan fingerprint density at radius 2 is 1.67 bits per heavy atom. The van der Waals surface area contributed by atoms with Crippen molar-refractivity contribution < 1.29 is 14.6 Å². The molecule has 0 saturated heterocycles. The van der Waals surface area contributed by atoms with Crippen LogP contribution >= 0.6 is 0 Å². The fourth-order valence-corrected chi connectivity index (χ4v) is 2.96. The van der Waals surface area contributed by atoms with Crippen LogP contribution in [-0.2, 0) is 34.5 Å². The summed E-state index contributed by atoms with van der Waals surface area (Å²) in [6.07, 6.45) is 0.525. The number of nitrogens with zero attached hydrogens (tertiary/aromatic N) is 4. The molecule has 1 aromatic carbocycles. The van der Waals surface area contributed by atoms with Crippen molar-refractivity contribution >= 4 is 5.78 Å².